The van der Waals surface area contributed by atoms with Crippen LogP contribution in [-0.4, -0.2) is 30.5 Å². The number of nitrogens with zero attached hydrogens (tertiary/aromatic N) is 5. The van der Waals surface area contributed by atoms with Crippen molar-refractivity contribution in [3.8, 4) is 24.0 Å². The predicted octanol–water partition coefficient (Wildman–Crippen LogP) is 6.44. The van der Waals surface area contributed by atoms with Gasteiger partial charge in [0.25, 0.3) is 0 Å². The van der Waals surface area contributed by atoms with E-state index >= 15 is 0 Å². The maximum atomic E-state index is 10.6. The minimum atomic E-state index is -6.00. The molecule has 0 aliphatic carbocycles. The molecular weight excluding hydrogens is 509 g/mol. The van der Waals surface area contributed by atoms with E-state index in [0.717, 1.165) is 0 Å². The molecule has 0 fully saturated rings. The van der Waals surface area contributed by atoms with E-state index in [0.29, 0.717) is 42.8 Å². The van der Waals surface area contributed by atoms with Crippen LogP contribution in [0.3, 0.4) is 0 Å². The maximum Gasteiger partial charge on any atom is 0.673 e. The zero-order chi connectivity index (χ0) is 28.9. The van der Waals surface area contributed by atoms with Gasteiger partial charge in [0.05, 0.1) is 6.61 Å². The second-order valence-electron chi connectivity index (χ2n) is 8.15. The van der Waals surface area contributed by atoms with E-state index in [1.165, 1.54) is 0 Å². The summed E-state index contributed by atoms with van der Waals surface area (Å²) >= 11 is 0. The molecule has 38 heavy (non-hydrogen) atoms. The fourth-order valence-electron chi connectivity index (χ4n) is 3.23. The average Bonchev–Trinajstić information content (AvgIpc) is 3.08. The summed E-state index contributed by atoms with van der Waals surface area (Å²) in [7, 11) is -6.00. The molecule has 0 aromatic heterocycles. The molecule has 0 amide bonds. The van der Waals surface area contributed by atoms with E-state index in [9.17, 15) is 32.7 Å². The molecule has 1 heterocycles. The van der Waals surface area contributed by atoms with Crippen molar-refractivity contribution in [3.63, 3.8) is 0 Å². The largest absolute Gasteiger partial charge is 0.673 e. The molecule has 0 radical (unpaired) electrons. The highest BCUT2D eigenvalue weighted by Gasteiger charge is 2.38. The molecule has 0 spiro atoms. The number of carboxylic acids is 1. The van der Waals surface area contributed by atoms with Gasteiger partial charge in [-0.25, -0.2) is 0 Å². The molecule has 1 aliphatic rings. The van der Waals surface area contributed by atoms with E-state index in [4.69, 9.17) is 25.1 Å². The van der Waals surface area contributed by atoms with Crippen molar-refractivity contribution in [1.29, 1.82) is 21.2 Å². The van der Waals surface area contributed by atoms with Crippen LogP contribution in [0.5, 0.6) is 5.75 Å². The lowest BCUT2D eigenvalue weighted by atomic mass is 9.94. The number of benzene rings is 1. The summed E-state index contributed by atoms with van der Waals surface area (Å²) in [6, 6.07) is 10.5. The predicted molar refractivity (Wildman–Crippen MR) is 128 cm³/mol. The van der Waals surface area contributed by atoms with Crippen molar-refractivity contribution in [2.24, 2.45) is 0 Å². The van der Waals surface area contributed by atoms with Crippen LogP contribution in [0.1, 0.15) is 45.1 Å². The molecular formula is C24H22BF4N5O4. The normalized spacial score (nSPS) is 13.8. The third-order valence-electron chi connectivity index (χ3n) is 4.89. The monoisotopic (exact) mass is 531 g/mol. The van der Waals surface area contributed by atoms with Crippen LogP contribution in [0.4, 0.5) is 23.0 Å². The van der Waals surface area contributed by atoms with Gasteiger partial charge in [-0.3, -0.25) is 4.79 Å². The van der Waals surface area contributed by atoms with Crippen LogP contribution >= 0.6 is 0 Å². The Morgan fingerprint density at radius 2 is 1.76 bits per heavy atom. The van der Waals surface area contributed by atoms with E-state index in [1.54, 1.807) is 56.3 Å². The molecule has 0 saturated heterocycles. The number of ether oxygens (including phenoxy) is 2. The Balaban J connectivity index is 0.00000132. The number of halogens is 4. The summed E-state index contributed by atoms with van der Waals surface area (Å²) in [6.07, 6.45) is 5.42. The van der Waals surface area contributed by atoms with Gasteiger partial charge in [0.2, 0.25) is 11.1 Å². The molecule has 1 aromatic carbocycles. The molecule has 2 rings (SSSR count). The van der Waals surface area contributed by atoms with Gasteiger partial charge in [0, 0.05) is 18.1 Å². The molecule has 1 N–H and O–H groups in total. The Labute approximate surface area is 216 Å². The van der Waals surface area contributed by atoms with E-state index in [2.05, 4.69) is 4.98 Å². The van der Waals surface area contributed by atoms with Crippen LogP contribution in [0.2, 0.25) is 0 Å². The molecule has 0 unspecified atom stereocenters. The van der Waals surface area contributed by atoms with Crippen LogP contribution in [0.15, 0.2) is 46.8 Å². The topological polar surface area (TPSA) is 155 Å². The third-order valence-corrected chi connectivity index (χ3v) is 4.89. The highest BCUT2D eigenvalue weighted by atomic mass is 19.5. The summed E-state index contributed by atoms with van der Waals surface area (Å²) in [5.41, 5.74) is 0.384. The van der Waals surface area contributed by atoms with Gasteiger partial charge in [-0.15, -0.1) is 0 Å². The van der Waals surface area contributed by atoms with Gasteiger partial charge in [0.15, 0.2) is 16.3 Å². The highest BCUT2D eigenvalue weighted by Crippen LogP contribution is 2.40. The fraction of sp³-hybridized carbons (Fsp3) is 0.333. The SMILES string of the molecule is CC1(C)OC(=C(C#N)C#N)C(C#N)=C1C=Cc1ccc([N+]#N)c(OCCCCCC(=O)O)c1.F[B-](F)(F)F. The number of rotatable bonds is 9. The Morgan fingerprint density at radius 3 is 2.29 bits per heavy atom. The molecule has 9 nitrogen and oxygen atoms in total. The fourth-order valence-corrected chi connectivity index (χ4v) is 3.23. The maximum absolute atomic E-state index is 10.6. The molecule has 14 heteroatoms. The summed E-state index contributed by atoms with van der Waals surface area (Å²) in [5.74, 6) is -0.513. The molecule has 1 aliphatic heterocycles. The lowest BCUT2D eigenvalue weighted by Gasteiger charge is -2.20. The second-order valence-corrected chi connectivity index (χ2v) is 8.15. The first-order valence-corrected chi connectivity index (χ1v) is 11.0. The van der Waals surface area contributed by atoms with Crippen molar-refractivity contribution < 1.29 is 36.6 Å². The summed E-state index contributed by atoms with van der Waals surface area (Å²) in [6.45, 7) is 3.80. The number of diazo groups is 1. The first kappa shape index (κ1) is 31.2. The van der Waals surface area contributed by atoms with Gasteiger partial charge < -0.3 is 31.8 Å². The number of hydrogen-bond donors (Lipinski definition) is 1. The number of carboxylic acid groups (broad SMARTS) is 1. The highest BCUT2D eigenvalue weighted by molar-refractivity contribution is 6.50. The van der Waals surface area contributed by atoms with E-state index in [-0.39, 0.29) is 29.0 Å². The molecule has 1 aromatic rings. The number of nitriles is 3. The Morgan fingerprint density at radius 1 is 1.13 bits per heavy atom. The number of hydrogen-bond acceptors (Lipinski definition) is 7. The summed E-state index contributed by atoms with van der Waals surface area (Å²) < 4.78 is 50.4. The van der Waals surface area contributed by atoms with Crippen molar-refractivity contribution >= 4 is 25.0 Å². The minimum absolute atomic E-state index is 0.0338. The quantitative estimate of drug-likeness (QED) is 0.126. The lowest BCUT2D eigenvalue weighted by molar-refractivity contribution is -0.137. The van der Waals surface area contributed by atoms with Crippen LogP contribution in [0.25, 0.3) is 11.1 Å². The van der Waals surface area contributed by atoms with Gasteiger partial charge in [-0.2, -0.15) is 15.8 Å². The Bertz CT molecular complexity index is 1290. The second kappa shape index (κ2) is 14.1. The summed E-state index contributed by atoms with van der Waals surface area (Å²) in [5, 5.41) is 45.8. The van der Waals surface area contributed by atoms with E-state index in [1.807, 2.05) is 6.07 Å². The number of carbonyl (C=O) groups is 1. The Kier molecular flexibility index (Phi) is 11.5. The molecule has 0 saturated carbocycles. The minimum Gasteiger partial charge on any atom is -0.486 e. The first-order chi connectivity index (χ1) is 17.8. The number of unbranched alkanes of at least 4 members (excludes halogenated alkanes) is 2. The molecule has 198 valence electrons. The Hall–Kier alpha value is -4.82. The van der Waals surface area contributed by atoms with Gasteiger partial charge in [0.1, 0.15) is 29.4 Å². The number of aliphatic carboxylic acids is 1. The average molecular weight is 531 g/mol. The van der Waals surface area contributed by atoms with Crippen molar-refractivity contribution in [2.45, 2.75) is 45.1 Å². The zero-order valence-electron chi connectivity index (χ0n) is 20.4. The standard InChI is InChI=1S/C24H21N5O4.BF4/c1-24(2)19(18(15-27)23(33-24)17(13-25)14-26)9-7-16-8-10-20(29-28)21(12-16)32-11-5-3-4-6-22(30)31;2-1(3,4)5/h7-10,12H,3-6,11H2,1-2H3;/q;-1/p+1. The lowest BCUT2D eigenvalue weighted by Crippen LogP contribution is -2.20. The smallest absolute Gasteiger partial charge is 0.486 e. The molecule has 0 bridgehead atoms. The van der Waals surface area contributed by atoms with Crippen molar-refractivity contribution in [3.05, 3.63) is 57.3 Å². The van der Waals surface area contributed by atoms with E-state index < -0.39 is 18.8 Å². The first-order valence-electron chi connectivity index (χ1n) is 11.0. The van der Waals surface area contributed by atoms with Gasteiger partial charge in [-0.1, -0.05) is 12.2 Å². The third kappa shape index (κ3) is 10.0. The molecule has 0 atom stereocenters. The van der Waals surface area contributed by atoms with Crippen LogP contribution < -0.4 is 4.74 Å². The van der Waals surface area contributed by atoms with Crippen LogP contribution in [-0.2, 0) is 9.53 Å². The number of allylic oxidation sites excluding steroid dienone is 2. The summed E-state index contributed by atoms with van der Waals surface area (Å²) in [4.78, 5) is 13.8. The van der Waals surface area contributed by atoms with Crippen LogP contribution in [0, 0.1) is 39.4 Å². The zero-order valence-corrected chi connectivity index (χ0v) is 20.4. The van der Waals surface area contributed by atoms with Gasteiger partial charge in [-0.05, 0) is 50.8 Å². The van der Waals surface area contributed by atoms with Crippen molar-refractivity contribution in [2.75, 3.05) is 6.61 Å². The van der Waals surface area contributed by atoms with Crippen molar-refractivity contribution in [1.82, 2.24) is 0 Å². The van der Waals surface area contributed by atoms with Gasteiger partial charge >= 0.3 is 18.9 Å².